The molecule has 0 aromatic rings. The zero-order chi connectivity index (χ0) is 8.15. The third kappa shape index (κ3) is 2.27. The maximum Gasteiger partial charge on any atom is 0.0446 e. The van der Waals surface area contributed by atoms with Gasteiger partial charge in [0, 0.05) is 11.4 Å². The van der Waals surface area contributed by atoms with Crippen molar-refractivity contribution in [3.05, 3.63) is 11.4 Å². The lowest BCUT2D eigenvalue weighted by Crippen LogP contribution is -2.26. The average Bonchev–Trinajstić information content (AvgIpc) is 1.90. The monoisotopic (exact) mass is 143 g/mol. The van der Waals surface area contributed by atoms with E-state index >= 15 is 0 Å². The Morgan fingerprint density at radius 1 is 1.50 bits per heavy atom. The third-order valence-corrected chi connectivity index (χ3v) is 1.50. The summed E-state index contributed by atoms with van der Waals surface area (Å²) in [5, 5.41) is 0. The van der Waals surface area contributed by atoms with Gasteiger partial charge in [0.15, 0.2) is 0 Å². The summed E-state index contributed by atoms with van der Waals surface area (Å²) in [6.07, 6.45) is 0.862. The summed E-state index contributed by atoms with van der Waals surface area (Å²) in [5.41, 5.74) is 10.1. The first kappa shape index (κ1) is 9.30. The molecule has 0 fully saturated rings. The van der Waals surface area contributed by atoms with E-state index in [1.54, 1.807) is 0 Å². The smallest absolute Gasteiger partial charge is 0.0446 e. The van der Waals surface area contributed by atoms with Gasteiger partial charge in [0.2, 0.25) is 0 Å². The molecule has 0 aliphatic carbocycles. The van der Waals surface area contributed by atoms with Crippen molar-refractivity contribution in [3.63, 3.8) is 0 Å². The van der Waals surface area contributed by atoms with Gasteiger partial charge in [-0.25, -0.2) is 0 Å². The van der Waals surface area contributed by atoms with E-state index in [0.29, 0.717) is 5.92 Å². The Kier molecular flexibility index (Phi) is 3.88. The fraction of sp³-hybridized carbons (Fsp3) is 0.714. The second-order valence-corrected chi connectivity index (χ2v) is 2.59. The lowest BCUT2D eigenvalue weighted by molar-refractivity contribution is 0.695. The highest BCUT2D eigenvalue weighted by Gasteiger charge is 2.02. The molecule has 0 heterocycles. The Morgan fingerprint density at radius 3 is 2.10 bits per heavy atom. The Morgan fingerprint density at radius 2 is 2.00 bits per heavy atom. The van der Waals surface area contributed by atoms with Crippen molar-refractivity contribution in [1.82, 2.24) is 5.43 Å². The molecular weight excluding hydrogens is 126 g/mol. The number of nitrogens with two attached hydrogens (primary N) is 2. The van der Waals surface area contributed by atoms with Crippen molar-refractivity contribution >= 4 is 0 Å². The summed E-state index contributed by atoms with van der Waals surface area (Å²) in [6, 6.07) is 0. The first-order valence-electron chi connectivity index (χ1n) is 3.58. The van der Waals surface area contributed by atoms with Gasteiger partial charge in [-0.05, 0) is 12.3 Å². The predicted octanol–water partition coefficient (Wildman–Crippen LogP) is 0.686. The van der Waals surface area contributed by atoms with Gasteiger partial charge in [0.05, 0.1) is 0 Å². The van der Waals surface area contributed by atoms with Crippen LogP contribution in [-0.2, 0) is 0 Å². The highest BCUT2D eigenvalue weighted by molar-refractivity contribution is 5.09. The van der Waals surface area contributed by atoms with E-state index in [0.717, 1.165) is 17.8 Å². The Balaban J connectivity index is 4.27. The average molecular weight is 143 g/mol. The molecule has 0 aliphatic heterocycles. The minimum absolute atomic E-state index is 0.367. The molecule has 0 saturated heterocycles. The van der Waals surface area contributed by atoms with E-state index in [1.807, 2.05) is 20.8 Å². The van der Waals surface area contributed by atoms with Crippen LogP contribution in [0.2, 0.25) is 0 Å². The number of rotatable bonds is 3. The van der Waals surface area contributed by atoms with Crippen LogP contribution in [0.1, 0.15) is 27.2 Å². The van der Waals surface area contributed by atoms with Gasteiger partial charge in [-0.1, -0.05) is 20.8 Å². The summed E-state index contributed by atoms with van der Waals surface area (Å²) in [5.74, 6) is 5.60. The van der Waals surface area contributed by atoms with Gasteiger partial charge in [-0.3, -0.25) is 5.84 Å². The van der Waals surface area contributed by atoms with Crippen molar-refractivity contribution in [1.29, 1.82) is 0 Å². The molecule has 0 aliphatic rings. The van der Waals surface area contributed by atoms with Crippen LogP contribution in [0.25, 0.3) is 0 Å². The van der Waals surface area contributed by atoms with E-state index in [4.69, 9.17) is 11.6 Å². The molecule has 0 rings (SSSR count). The molecule has 0 spiro atoms. The third-order valence-electron chi connectivity index (χ3n) is 1.50. The van der Waals surface area contributed by atoms with Gasteiger partial charge < -0.3 is 11.2 Å². The van der Waals surface area contributed by atoms with Crippen molar-refractivity contribution in [2.45, 2.75) is 27.2 Å². The number of hydrogen-bond donors (Lipinski definition) is 3. The van der Waals surface area contributed by atoms with Gasteiger partial charge >= 0.3 is 0 Å². The van der Waals surface area contributed by atoms with Crippen LogP contribution in [0.3, 0.4) is 0 Å². The van der Waals surface area contributed by atoms with Gasteiger partial charge in [0.25, 0.3) is 0 Å². The fourth-order valence-electron chi connectivity index (χ4n) is 0.738. The molecule has 5 N–H and O–H groups in total. The minimum Gasteiger partial charge on any atom is -0.400 e. The van der Waals surface area contributed by atoms with E-state index in [9.17, 15) is 0 Å². The summed E-state index contributed by atoms with van der Waals surface area (Å²) in [7, 11) is 0. The summed E-state index contributed by atoms with van der Waals surface area (Å²) in [6.45, 7) is 6.11. The largest absolute Gasteiger partial charge is 0.400 e. The SMILES string of the molecule is CC/C(NN)=C(/N)C(C)C. The predicted molar refractivity (Wildman–Crippen MR) is 43.7 cm³/mol. The molecule has 3 nitrogen and oxygen atoms in total. The zero-order valence-electron chi connectivity index (χ0n) is 6.94. The molecule has 0 amide bonds. The molecule has 0 bridgehead atoms. The normalized spacial score (nSPS) is 13.3. The van der Waals surface area contributed by atoms with Crippen LogP contribution in [0, 0.1) is 5.92 Å². The quantitative estimate of drug-likeness (QED) is 0.402. The Hall–Kier alpha value is -0.700. The van der Waals surface area contributed by atoms with E-state index in [2.05, 4.69) is 5.43 Å². The summed E-state index contributed by atoms with van der Waals surface area (Å²) in [4.78, 5) is 0. The van der Waals surface area contributed by atoms with Crippen molar-refractivity contribution < 1.29 is 0 Å². The molecule has 10 heavy (non-hydrogen) atoms. The summed E-state index contributed by atoms with van der Waals surface area (Å²) < 4.78 is 0. The summed E-state index contributed by atoms with van der Waals surface area (Å²) >= 11 is 0. The second kappa shape index (κ2) is 4.17. The van der Waals surface area contributed by atoms with Crippen LogP contribution in [-0.4, -0.2) is 0 Å². The van der Waals surface area contributed by atoms with Crippen molar-refractivity contribution in [3.8, 4) is 0 Å². The number of hydrogen-bond acceptors (Lipinski definition) is 3. The fourth-order valence-corrected chi connectivity index (χ4v) is 0.738. The Labute approximate surface area is 62.4 Å². The topological polar surface area (TPSA) is 64.1 Å². The van der Waals surface area contributed by atoms with E-state index in [-0.39, 0.29) is 0 Å². The Bertz CT molecular complexity index is 121. The number of nitrogens with one attached hydrogen (secondary N) is 1. The molecule has 0 radical (unpaired) electrons. The lowest BCUT2D eigenvalue weighted by Gasteiger charge is -2.11. The second-order valence-electron chi connectivity index (χ2n) is 2.59. The highest BCUT2D eigenvalue weighted by atomic mass is 15.2. The first-order chi connectivity index (χ1) is 4.63. The molecule has 3 heteroatoms. The van der Waals surface area contributed by atoms with Crippen LogP contribution in [0.5, 0.6) is 0 Å². The van der Waals surface area contributed by atoms with E-state index in [1.165, 1.54) is 0 Å². The van der Waals surface area contributed by atoms with Crippen LogP contribution >= 0.6 is 0 Å². The molecular formula is C7H17N3. The maximum absolute atomic E-state index is 5.72. The molecule has 0 aromatic heterocycles. The molecule has 60 valence electrons. The number of hydrazine groups is 1. The van der Waals surface area contributed by atoms with E-state index < -0.39 is 0 Å². The van der Waals surface area contributed by atoms with Crippen LogP contribution < -0.4 is 17.0 Å². The molecule has 0 unspecified atom stereocenters. The lowest BCUT2D eigenvalue weighted by atomic mass is 10.1. The minimum atomic E-state index is 0.367. The molecule has 0 atom stereocenters. The zero-order valence-corrected chi connectivity index (χ0v) is 6.94. The van der Waals surface area contributed by atoms with Crippen LogP contribution in [0.15, 0.2) is 11.4 Å². The van der Waals surface area contributed by atoms with Crippen molar-refractivity contribution in [2.75, 3.05) is 0 Å². The first-order valence-corrected chi connectivity index (χ1v) is 3.58. The van der Waals surface area contributed by atoms with Gasteiger partial charge in [-0.15, -0.1) is 0 Å². The highest BCUT2D eigenvalue weighted by Crippen LogP contribution is 2.08. The van der Waals surface area contributed by atoms with Gasteiger partial charge in [0.1, 0.15) is 0 Å². The maximum atomic E-state index is 5.72. The van der Waals surface area contributed by atoms with Crippen molar-refractivity contribution in [2.24, 2.45) is 17.5 Å². The standard InChI is InChI=1S/C7H17N3/c1-4-6(10-9)7(8)5(2)3/h5,10H,4,8-9H2,1-3H3/b7-6-. The van der Waals surface area contributed by atoms with Crippen LogP contribution in [0.4, 0.5) is 0 Å². The van der Waals surface area contributed by atoms with Gasteiger partial charge in [-0.2, -0.15) is 0 Å². The molecule has 0 saturated carbocycles. The number of allylic oxidation sites excluding steroid dienone is 2. The molecule has 0 aromatic carbocycles.